The lowest BCUT2D eigenvalue weighted by Gasteiger charge is -2.03. The number of fused-ring (bicyclic) bond motifs is 1. The molecule has 0 atom stereocenters. The zero-order valence-electron chi connectivity index (χ0n) is 12.8. The molecule has 0 N–H and O–H groups in total. The van der Waals surface area contributed by atoms with E-state index in [0.717, 1.165) is 5.75 Å². The van der Waals surface area contributed by atoms with E-state index in [-0.39, 0.29) is 11.5 Å². The number of nitrogens with zero attached hydrogens (tertiary/aromatic N) is 5. The molecule has 3 aromatic rings. The van der Waals surface area contributed by atoms with Crippen molar-refractivity contribution in [1.82, 2.24) is 25.0 Å². The van der Waals surface area contributed by atoms with Gasteiger partial charge >= 0.3 is 0 Å². The van der Waals surface area contributed by atoms with Gasteiger partial charge in [-0.1, -0.05) is 17.0 Å². The summed E-state index contributed by atoms with van der Waals surface area (Å²) >= 11 is 1.34. The van der Waals surface area contributed by atoms with Gasteiger partial charge in [-0.05, 0) is 31.2 Å². The van der Waals surface area contributed by atoms with Crippen molar-refractivity contribution < 1.29 is 9.53 Å². The number of ether oxygens (including phenoxy) is 1. The van der Waals surface area contributed by atoms with Crippen molar-refractivity contribution in [3.05, 3.63) is 36.2 Å². The van der Waals surface area contributed by atoms with E-state index in [9.17, 15) is 4.79 Å². The Morgan fingerprint density at radius 2 is 2.04 bits per heavy atom. The van der Waals surface area contributed by atoms with Gasteiger partial charge in [0.25, 0.3) is 0 Å². The third kappa shape index (κ3) is 3.16. The molecule has 3 rings (SSSR count). The third-order valence-electron chi connectivity index (χ3n) is 3.32. The number of carbonyl (C=O) groups is 1. The number of hydrogen-bond donors (Lipinski definition) is 0. The van der Waals surface area contributed by atoms with Crippen LogP contribution in [0.25, 0.3) is 11.2 Å². The standard InChI is InChI=1S/C15H15N5O2S/c1-3-20-14-13(18-19-20)15(17-9-16-14)23-8-12(21)10-4-6-11(22-2)7-5-10/h4-7,9H,3,8H2,1-2H3. The van der Waals surface area contributed by atoms with E-state index < -0.39 is 0 Å². The normalized spacial score (nSPS) is 10.9. The molecule has 0 saturated heterocycles. The first-order valence-corrected chi connectivity index (χ1v) is 8.05. The van der Waals surface area contributed by atoms with Gasteiger partial charge in [-0.2, -0.15) is 0 Å². The molecule has 0 fully saturated rings. The molecular formula is C15H15N5O2S. The fourth-order valence-electron chi connectivity index (χ4n) is 2.08. The lowest BCUT2D eigenvalue weighted by Crippen LogP contribution is -2.03. The summed E-state index contributed by atoms with van der Waals surface area (Å²) in [5.74, 6) is 1.02. The Kier molecular flexibility index (Phi) is 4.52. The highest BCUT2D eigenvalue weighted by molar-refractivity contribution is 8.00. The van der Waals surface area contributed by atoms with Crippen LogP contribution in [0.15, 0.2) is 35.6 Å². The summed E-state index contributed by atoms with van der Waals surface area (Å²) < 4.78 is 6.79. The highest BCUT2D eigenvalue weighted by atomic mass is 32.2. The monoisotopic (exact) mass is 329 g/mol. The van der Waals surface area contributed by atoms with Crippen LogP contribution in [0.1, 0.15) is 17.3 Å². The molecule has 0 amide bonds. The first kappa shape index (κ1) is 15.4. The van der Waals surface area contributed by atoms with Crippen molar-refractivity contribution in [2.45, 2.75) is 18.5 Å². The average molecular weight is 329 g/mol. The molecule has 0 aliphatic heterocycles. The van der Waals surface area contributed by atoms with Crippen molar-refractivity contribution in [1.29, 1.82) is 0 Å². The number of ketones is 1. The van der Waals surface area contributed by atoms with E-state index in [1.54, 1.807) is 36.1 Å². The second kappa shape index (κ2) is 6.74. The van der Waals surface area contributed by atoms with Gasteiger partial charge in [-0.25, -0.2) is 14.6 Å². The van der Waals surface area contributed by atoms with Crippen molar-refractivity contribution in [3.63, 3.8) is 0 Å². The molecule has 0 bridgehead atoms. The van der Waals surface area contributed by atoms with Crippen molar-refractivity contribution in [2.75, 3.05) is 12.9 Å². The molecule has 0 aliphatic carbocycles. The minimum atomic E-state index is 0.0206. The fourth-order valence-corrected chi connectivity index (χ4v) is 2.91. The Morgan fingerprint density at radius 3 is 2.74 bits per heavy atom. The molecule has 8 heteroatoms. The topological polar surface area (TPSA) is 82.8 Å². The Hall–Kier alpha value is -2.48. The highest BCUT2D eigenvalue weighted by Crippen LogP contribution is 2.23. The molecular weight excluding hydrogens is 314 g/mol. The number of carbonyl (C=O) groups excluding carboxylic acids is 1. The SMILES string of the molecule is CCn1nnc2c(SCC(=O)c3ccc(OC)cc3)ncnc21. The predicted octanol–water partition coefficient (Wildman–Crippen LogP) is 2.22. The maximum Gasteiger partial charge on any atom is 0.182 e. The minimum Gasteiger partial charge on any atom is -0.497 e. The zero-order chi connectivity index (χ0) is 16.2. The summed E-state index contributed by atoms with van der Waals surface area (Å²) in [7, 11) is 1.59. The van der Waals surface area contributed by atoms with Gasteiger partial charge < -0.3 is 4.74 Å². The Balaban J connectivity index is 1.75. The Bertz CT molecular complexity index is 832. The van der Waals surface area contributed by atoms with E-state index in [2.05, 4.69) is 20.3 Å². The molecule has 0 radical (unpaired) electrons. The quantitative estimate of drug-likeness (QED) is 0.389. The van der Waals surface area contributed by atoms with Crippen LogP contribution in [-0.4, -0.2) is 43.6 Å². The maximum atomic E-state index is 12.3. The molecule has 2 heterocycles. The fraction of sp³-hybridized carbons (Fsp3) is 0.267. The van der Waals surface area contributed by atoms with Gasteiger partial charge in [-0.15, -0.1) is 5.10 Å². The van der Waals surface area contributed by atoms with Gasteiger partial charge in [0.2, 0.25) is 0 Å². The highest BCUT2D eigenvalue weighted by Gasteiger charge is 2.13. The summed E-state index contributed by atoms with van der Waals surface area (Å²) in [5.41, 5.74) is 1.95. The molecule has 0 spiro atoms. The molecule has 118 valence electrons. The van der Waals surface area contributed by atoms with E-state index in [1.165, 1.54) is 18.1 Å². The number of rotatable bonds is 6. The number of Topliss-reactive ketones (excluding diaryl/α,β-unsaturated/α-hetero) is 1. The summed E-state index contributed by atoms with van der Waals surface area (Å²) in [5, 5.41) is 8.80. The molecule has 2 aromatic heterocycles. The lowest BCUT2D eigenvalue weighted by molar-refractivity contribution is 0.102. The van der Waals surface area contributed by atoms with E-state index in [0.29, 0.717) is 28.3 Å². The van der Waals surface area contributed by atoms with Gasteiger partial charge in [0.05, 0.1) is 12.9 Å². The lowest BCUT2D eigenvalue weighted by atomic mass is 10.1. The number of hydrogen-bond acceptors (Lipinski definition) is 7. The maximum absolute atomic E-state index is 12.3. The third-order valence-corrected chi connectivity index (χ3v) is 4.30. The second-order valence-corrected chi connectivity index (χ2v) is 5.66. The summed E-state index contributed by atoms with van der Waals surface area (Å²) in [6, 6.07) is 7.05. The van der Waals surface area contributed by atoms with Crippen LogP contribution in [-0.2, 0) is 6.54 Å². The van der Waals surface area contributed by atoms with Gasteiger partial charge in [0.15, 0.2) is 16.9 Å². The summed E-state index contributed by atoms with van der Waals surface area (Å²) in [6.45, 7) is 2.65. The average Bonchev–Trinajstić information content (AvgIpc) is 3.03. The summed E-state index contributed by atoms with van der Waals surface area (Å²) in [4.78, 5) is 20.7. The van der Waals surface area contributed by atoms with E-state index in [4.69, 9.17) is 4.74 Å². The van der Waals surface area contributed by atoms with Crippen LogP contribution in [0, 0.1) is 0 Å². The summed E-state index contributed by atoms with van der Waals surface area (Å²) in [6.07, 6.45) is 1.47. The number of benzene rings is 1. The molecule has 0 saturated carbocycles. The molecule has 0 unspecified atom stereocenters. The van der Waals surface area contributed by atoms with Crippen LogP contribution in [0.3, 0.4) is 0 Å². The van der Waals surface area contributed by atoms with Crippen LogP contribution in [0.5, 0.6) is 5.75 Å². The van der Waals surface area contributed by atoms with E-state index >= 15 is 0 Å². The number of aryl methyl sites for hydroxylation is 1. The van der Waals surface area contributed by atoms with Crippen LogP contribution >= 0.6 is 11.8 Å². The largest absolute Gasteiger partial charge is 0.497 e. The van der Waals surface area contributed by atoms with Gasteiger partial charge in [0.1, 0.15) is 17.1 Å². The smallest absolute Gasteiger partial charge is 0.182 e. The van der Waals surface area contributed by atoms with Crippen molar-refractivity contribution >= 4 is 28.7 Å². The van der Waals surface area contributed by atoms with Gasteiger partial charge in [0, 0.05) is 12.1 Å². The minimum absolute atomic E-state index is 0.0206. The van der Waals surface area contributed by atoms with Crippen LogP contribution < -0.4 is 4.74 Å². The molecule has 23 heavy (non-hydrogen) atoms. The van der Waals surface area contributed by atoms with Gasteiger partial charge in [-0.3, -0.25) is 4.79 Å². The number of thioether (sulfide) groups is 1. The first-order chi connectivity index (χ1) is 11.2. The first-order valence-electron chi connectivity index (χ1n) is 7.07. The number of methoxy groups -OCH3 is 1. The zero-order valence-corrected chi connectivity index (χ0v) is 13.6. The van der Waals surface area contributed by atoms with Crippen LogP contribution in [0.4, 0.5) is 0 Å². The molecule has 0 aliphatic rings. The second-order valence-electron chi connectivity index (χ2n) is 4.70. The number of aromatic nitrogens is 5. The molecule has 1 aromatic carbocycles. The predicted molar refractivity (Wildman–Crippen MR) is 86.8 cm³/mol. The molecule has 7 nitrogen and oxygen atoms in total. The Morgan fingerprint density at radius 1 is 1.26 bits per heavy atom. The Labute approximate surface area is 137 Å². The van der Waals surface area contributed by atoms with E-state index in [1.807, 2.05) is 6.92 Å². The van der Waals surface area contributed by atoms with Crippen LogP contribution in [0.2, 0.25) is 0 Å². The van der Waals surface area contributed by atoms with Crippen molar-refractivity contribution in [2.24, 2.45) is 0 Å². The van der Waals surface area contributed by atoms with Crippen molar-refractivity contribution in [3.8, 4) is 5.75 Å².